The SMILES string of the molecule is CN1CCC(c2ccccc2)=C(Br)C1=O. The lowest BCUT2D eigenvalue weighted by Crippen LogP contribution is -2.31. The number of carbonyl (C=O) groups excluding carboxylic acids is 1. The van der Waals surface area contributed by atoms with E-state index in [1.807, 2.05) is 37.4 Å². The summed E-state index contributed by atoms with van der Waals surface area (Å²) in [6.07, 6.45) is 0.910. The maximum Gasteiger partial charge on any atom is 0.260 e. The molecule has 0 atom stereocenters. The molecule has 0 aliphatic carbocycles. The van der Waals surface area contributed by atoms with Crippen molar-refractivity contribution in [2.75, 3.05) is 13.6 Å². The first-order valence-corrected chi connectivity index (χ1v) is 5.69. The van der Waals surface area contributed by atoms with Crippen LogP contribution in [0.2, 0.25) is 0 Å². The van der Waals surface area contributed by atoms with Crippen LogP contribution in [0, 0.1) is 0 Å². The molecule has 0 fully saturated rings. The van der Waals surface area contributed by atoms with E-state index >= 15 is 0 Å². The van der Waals surface area contributed by atoms with E-state index in [4.69, 9.17) is 0 Å². The minimum atomic E-state index is 0.0695. The fourth-order valence-corrected chi connectivity index (χ4v) is 2.43. The molecule has 0 unspecified atom stereocenters. The Labute approximate surface area is 97.7 Å². The number of halogens is 1. The Morgan fingerprint density at radius 1 is 1.27 bits per heavy atom. The normalized spacial score (nSPS) is 17.2. The zero-order chi connectivity index (χ0) is 10.8. The summed E-state index contributed by atoms with van der Waals surface area (Å²) in [7, 11) is 1.82. The van der Waals surface area contributed by atoms with Crippen molar-refractivity contribution < 1.29 is 4.79 Å². The highest BCUT2D eigenvalue weighted by Gasteiger charge is 2.22. The van der Waals surface area contributed by atoms with E-state index in [0.29, 0.717) is 4.48 Å². The fourth-order valence-electron chi connectivity index (χ4n) is 1.70. The van der Waals surface area contributed by atoms with Gasteiger partial charge < -0.3 is 4.90 Å². The number of hydrogen-bond acceptors (Lipinski definition) is 1. The van der Waals surface area contributed by atoms with E-state index in [9.17, 15) is 4.79 Å². The van der Waals surface area contributed by atoms with E-state index < -0.39 is 0 Å². The molecule has 0 aromatic heterocycles. The smallest absolute Gasteiger partial charge is 0.260 e. The van der Waals surface area contributed by atoms with Crippen LogP contribution in [0.4, 0.5) is 0 Å². The number of amides is 1. The molecule has 0 spiro atoms. The van der Waals surface area contributed by atoms with E-state index in [2.05, 4.69) is 15.9 Å². The molecule has 0 N–H and O–H groups in total. The summed E-state index contributed by atoms with van der Waals surface area (Å²) >= 11 is 3.39. The van der Waals surface area contributed by atoms with Crippen LogP contribution in [0.5, 0.6) is 0 Å². The van der Waals surface area contributed by atoms with Crippen LogP contribution in [0.3, 0.4) is 0 Å². The number of carbonyl (C=O) groups is 1. The van der Waals surface area contributed by atoms with Crippen molar-refractivity contribution in [3.05, 3.63) is 40.4 Å². The molecule has 1 amide bonds. The van der Waals surface area contributed by atoms with Crippen LogP contribution in [-0.4, -0.2) is 24.4 Å². The standard InChI is InChI=1S/C12H12BrNO/c1-14-8-7-10(11(13)12(14)15)9-5-3-2-4-6-9/h2-6H,7-8H2,1H3. The van der Waals surface area contributed by atoms with Gasteiger partial charge in [-0.1, -0.05) is 30.3 Å². The lowest BCUT2D eigenvalue weighted by Gasteiger charge is -2.25. The predicted octanol–water partition coefficient (Wildman–Crippen LogP) is 2.65. The molecule has 2 rings (SSSR count). The summed E-state index contributed by atoms with van der Waals surface area (Å²) in [4.78, 5) is 13.5. The summed E-state index contributed by atoms with van der Waals surface area (Å²) in [6, 6.07) is 10.0. The summed E-state index contributed by atoms with van der Waals surface area (Å²) in [5, 5.41) is 0. The molecule has 0 saturated carbocycles. The molecule has 1 aromatic carbocycles. The topological polar surface area (TPSA) is 20.3 Å². The molecule has 78 valence electrons. The Morgan fingerprint density at radius 3 is 2.60 bits per heavy atom. The number of likely N-dealkylation sites (N-methyl/N-ethyl adjacent to an activating group) is 1. The summed E-state index contributed by atoms with van der Waals surface area (Å²) in [5.74, 6) is 0.0695. The predicted molar refractivity (Wildman–Crippen MR) is 64.5 cm³/mol. The van der Waals surface area contributed by atoms with E-state index in [-0.39, 0.29) is 5.91 Å². The Morgan fingerprint density at radius 2 is 1.93 bits per heavy atom. The molecule has 2 nitrogen and oxygen atoms in total. The Kier molecular flexibility index (Phi) is 2.91. The van der Waals surface area contributed by atoms with E-state index in [0.717, 1.165) is 24.1 Å². The fraction of sp³-hybridized carbons (Fsp3) is 0.250. The van der Waals surface area contributed by atoms with Gasteiger partial charge in [0.15, 0.2) is 0 Å². The number of rotatable bonds is 1. The van der Waals surface area contributed by atoms with Gasteiger partial charge in [-0.3, -0.25) is 4.79 Å². The largest absolute Gasteiger partial charge is 0.341 e. The maximum absolute atomic E-state index is 11.7. The second-order valence-electron chi connectivity index (χ2n) is 3.64. The maximum atomic E-state index is 11.7. The molecule has 1 aliphatic rings. The van der Waals surface area contributed by atoms with Crippen molar-refractivity contribution in [1.82, 2.24) is 4.90 Å². The van der Waals surface area contributed by atoms with Gasteiger partial charge >= 0.3 is 0 Å². The Bertz CT molecular complexity index is 411. The second kappa shape index (κ2) is 4.19. The van der Waals surface area contributed by atoms with Crippen LogP contribution in [-0.2, 0) is 4.79 Å². The molecule has 1 aliphatic heterocycles. The second-order valence-corrected chi connectivity index (χ2v) is 4.43. The van der Waals surface area contributed by atoms with E-state index in [1.165, 1.54) is 0 Å². The minimum Gasteiger partial charge on any atom is -0.341 e. The van der Waals surface area contributed by atoms with E-state index in [1.54, 1.807) is 4.90 Å². The summed E-state index contributed by atoms with van der Waals surface area (Å²) in [6.45, 7) is 0.790. The molecule has 1 heterocycles. The van der Waals surface area contributed by atoms with Crippen LogP contribution in [0.25, 0.3) is 5.57 Å². The van der Waals surface area contributed by atoms with Gasteiger partial charge in [0.05, 0.1) is 4.48 Å². The van der Waals surface area contributed by atoms with Gasteiger partial charge in [0.2, 0.25) is 0 Å². The summed E-state index contributed by atoms with van der Waals surface area (Å²) in [5.41, 5.74) is 2.24. The number of hydrogen-bond donors (Lipinski definition) is 0. The summed E-state index contributed by atoms with van der Waals surface area (Å²) < 4.78 is 0.697. The van der Waals surface area contributed by atoms with Gasteiger partial charge in [0.1, 0.15) is 0 Å². The van der Waals surface area contributed by atoms with Crippen molar-refractivity contribution in [2.24, 2.45) is 0 Å². The highest BCUT2D eigenvalue weighted by Crippen LogP contribution is 2.30. The number of nitrogens with zero attached hydrogens (tertiary/aromatic N) is 1. The molecule has 0 saturated heterocycles. The van der Waals surface area contributed by atoms with Gasteiger partial charge in [0, 0.05) is 13.6 Å². The zero-order valence-corrected chi connectivity index (χ0v) is 10.1. The van der Waals surface area contributed by atoms with Crippen molar-refractivity contribution in [2.45, 2.75) is 6.42 Å². The first-order chi connectivity index (χ1) is 7.20. The van der Waals surface area contributed by atoms with Crippen molar-refractivity contribution in [3.63, 3.8) is 0 Å². The van der Waals surface area contributed by atoms with Crippen LogP contribution < -0.4 is 0 Å². The van der Waals surface area contributed by atoms with Gasteiger partial charge in [-0.2, -0.15) is 0 Å². The van der Waals surface area contributed by atoms with Crippen LogP contribution in [0.1, 0.15) is 12.0 Å². The van der Waals surface area contributed by atoms with Crippen molar-refractivity contribution in [1.29, 1.82) is 0 Å². The lowest BCUT2D eigenvalue weighted by molar-refractivity contribution is -0.125. The zero-order valence-electron chi connectivity index (χ0n) is 8.53. The monoisotopic (exact) mass is 265 g/mol. The van der Waals surface area contributed by atoms with Crippen LogP contribution >= 0.6 is 15.9 Å². The first-order valence-electron chi connectivity index (χ1n) is 4.89. The highest BCUT2D eigenvalue weighted by atomic mass is 79.9. The van der Waals surface area contributed by atoms with Crippen molar-refractivity contribution in [3.8, 4) is 0 Å². The molecule has 3 heteroatoms. The average molecular weight is 266 g/mol. The van der Waals surface area contributed by atoms with Crippen LogP contribution in [0.15, 0.2) is 34.8 Å². The first kappa shape index (κ1) is 10.4. The van der Waals surface area contributed by atoms with Gasteiger partial charge in [-0.25, -0.2) is 0 Å². The molecular weight excluding hydrogens is 254 g/mol. The average Bonchev–Trinajstić information content (AvgIpc) is 2.27. The quantitative estimate of drug-likeness (QED) is 0.765. The third-order valence-corrected chi connectivity index (χ3v) is 3.44. The number of benzene rings is 1. The molecule has 0 bridgehead atoms. The van der Waals surface area contributed by atoms with Gasteiger partial charge in [-0.05, 0) is 33.5 Å². The molecule has 15 heavy (non-hydrogen) atoms. The molecule has 0 radical (unpaired) electrons. The third-order valence-electron chi connectivity index (χ3n) is 2.62. The Hall–Kier alpha value is -1.09. The van der Waals surface area contributed by atoms with Gasteiger partial charge in [0.25, 0.3) is 5.91 Å². The van der Waals surface area contributed by atoms with Crippen molar-refractivity contribution >= 4 is 27.4 Å². The van der Waals surface area contributed by atoms with Gasteiger partial charge in [-0.15, -0.1) is 0 Å². The highest BCUT2D eigenvalue weighted by molar-refractivity contribution is 9.12. The molecule has 1 aromatic rings. The Balaban J connectivity index is 2.42. The lowest BCUT2D eigenvalue weighted by atomic mass is 9.99. The third kappa shape index (κ3) is 1.97. The minimum absolute atomic E-state index is 0.0695. The molecular formula is C12H12BrNO.